The summed E-state index contributed by atoms with van der Waals surface area (Å²) in [6.07, 6.45) is 5.01. The Bertz CT molecular complexity index is 96.5. The van der Waals surface area contributed by atoms with Gasteiger partial charge in [0.25, 0.3) is 0 Å². The van der Waals surface area contributed by atoms with Crippen LogP contribution in [0, 0.1) is 0 Å². The normalized spacial score (nSPS) is 14.8. The van der Waals surface area contributed by atoms with Gasteiger partial charge in [-0.05, 0) is 19.3 Å². The molecule has 0 saturated carbocycles. The lowest BCUT2D eigenvalue weighted by Crippen LogP contribution is -2.20. The molecule has 12 heavy (non-hydrogen) atoms. The lowest BCUT2D eigenvalue weighted by molar-refractivity contribution is 0.201. The first-order chi connectivity index (χ1) is 5.74. The molecule has 0 aromatic heterocycles. The lowest BCUT2D eigenvalue weighted by Gasteiger charge is -2.16. The summed E-state index contributed by atoms with van der Waals surface area (Å²) in [6, 6.07) is 0. The summed E-state index contributed by atoms with van der Waals surface area (Å²) in [5.41, 5.74) is 0. The molecule has 1 atom stereocenters. The van der Waals surface area contributed by atoms with Crippen LogP contribution in [0.1, 0.15) is 46.5 Å². The van der Waals surface area contributed by atoms with E-state index >= 15 is 0 Å². The quantitative estimate of drug-likeness (QED) is 0.462. The van der Waals surface area contributed by atoms with E-state index in [4.69, 9.17) is 16.0 Å². The zero-order valence-corrected chi connectivity index (χ0v) is 10.6. The maximum absolute atomic E-state index is 6.08. The number of rotatable bonds is 7. The molecular formula is C9H21ClOSi. The highest BCUT2D eigenvalue weighted by atomic mass is 35.5. The molecule has 0 rings (SSSR count). The van der Waals surface area contributed by atoms with Gasteiger partial charge in [-0.2, -0.15) is 0 Å². The van der Waals surface area contributed by atoms with Crippen LogP contribution in [0.25, 0.3) is 0 Å². The zero-order valence-electron chi connectivity index (χ0n) is 8.48. The Balaban J connectivity index is 3.37. The minimum atomic E-state index is -0.479. The van der Waals surface area contributed by atoms with E-state index in [1.54, 1.807) is 0 Å². The molecule has 0 aliphatic carbocycles. The molecule has 1 nitrogen and oxygen atoms in total. The first-order valence-corrected chi connectivity index (χ1v) is 6.83. The summed E-state index contributed by atoms with van der Waals surface area (Å²) in [5, 5.41) is 0.343. The molecule has 0 heterocycles. The summed E-state index contributed by atoms with van der Waals surface area (Å²) in [4.78, 5) is 0. The van der Waals surface area contributed by atoms with Gasteiger partial charge in [-0.25, -0.2) is 0 Å². The highest BCUT2D eigenvalue weighted by molar-refractivity contribution is 6.48. The number of hydrogen-bond acceptors (Lipinski definition) is 1. The highest BCUT2D eigenvalue weighted by Gasteiger charge is 2.08. The second-order valence-electron chi connectivity index (χ2n) is 3.16. The van der Waals surface area contributed by atoms with Gasteiger partial charge in [0.15, 0.2) is 9.76 Å². The third-order valence-electron chi connectivity index (χ3n) is 2.03. The maximum Gasteiger partial charge on any atom is 0.179 e. The van der Waals surface area contributed by atoms with Crippen molar-refractivity contribution in [2.24, 2.45) is 0 Å². The second kappa shape index (κ2) is 8.08. The van der Waals surface area contributed by atoms with Crippen LogP contribution in [0.4, 0.5) is 0 Å². The Morgan fingerprint density at radius 1 is 1.25 bits per heavy atom. The van der Waals surface area contributed by atoms with Crippen LogP contribution in [-0.4, -0.2) is 20.9 Å². The molecule has 0 aromatic carbocycles. The van der Waals surface area contributed by atoms with Crippen molar-refractivity contribution in [3.63, 3.8) is 0 Å². The molecule has 0 amide bonds. The van der Waals surface area contributed by atoms with Crippen molar-refractivity contribution in [1.82, 2.24) is 0 Å². The van der Waals surface area contributed by atoms with Crippen molar-refractivity contribution in [3.05, 3.63) is 0 Å². The van der Waals surface area contributed by atoms with Crippen molar-refractivity contribution in [2.75, 3.05) is 0 Å². The Morgan fingerprint density at radius 3 is 2.25 bits per heavy atom. The van der Waals surface area contributed by atoms with Crippen molar-refractivity contribution >= 4 is 21.4 Å². The third kappa shape index (κ3) is 6.04. The van der Waals surface area contributed by atoms with Gasteiger partial charge >= 0.3 is 0 Å². The minimum absolute atomic E-state index is 0.343. The molecule has 0 aliphatic rings. The molecule has 0 saturated heterocycles. The molecule has 0 N–H and O–H groups in total. The highest BCUT2D eigenvalue weighted by Crippen LogP contribution is 2.07. The summed E-state index contributed by atoms with van der Waals surface area (Å²) in [7, 11) is -0.479. The van der Waals surface area contributed by atoms with Gasteiger partial charge in [-0.1, -0.05) is 27.2 Å². The van der Waals surface area contributed by atoms with Crippen molar-refractivity contribution in [1.29, 1.82) is 0 Å². The van der Waals surface area contributed by atoms with E-state index in [0.717, 1.165) is 19.3 Å². The largest absolute Gasteiger partial charge is 0.420 e. The Kier molecular flexibility index (Phi) is 8.40. The maximum atomic E-state index is 6.08. The molecule has 0 fully saturated rings. The van der Waals surface area contributed by atoms with Crippen molar-refractivity contribution in [2.45, 2.75) is 57.6 Å². The molecule has 0 spiro atoms. The summed E-state index contributed by atoms with van der Waals surface area (Å²) in [6.45, 7) is 6.51. The van der Waals surface area contributed by atoms with Gasteiger partial charge in [-0.3, -0.25) is 0 Å². The van der Waals surface area contributed by atoms with Gasteiger partial charge in [0.2, 0.25) is 0 Å². The Morgan fingerprint density at radius 2 is 1.83 bits per heavy atom. The first kappa shape index (κ1) is 12.5. The smallest absolute Gasteiger partial charge is 0.179 e. The van der Waals surface area contributed by atoms with Gasteiger partial charge in [-0.15, -0.1) is 11.6 Å². The molecular weight excluding hydrogens is 188 g/mol. The minimum Gasteiger partial charge on any atom is -0.420 e. The summed E-state index contributed by atoms with van der Waals surface area (Å²) in [5.74, 6) is 0. The first-order valence-electron chi connectivity index (χ1n) is 5.00. The van der Waals surface area contributed by atoms with E-state index in [2.05, 4.69) is 20.8 Å². The van der Waals surface area contributed by atoms with Crippen LogP contribution in [0.3, 0.4) is 0 Å². The van der Waals surface area contributed by atoms with E-state index in [-0.39, 0.29) is 0 Å². The molecule has 3 heteroatoms. The predicted molar refractivity (Wildman–Crippen MR) is 58.5 cm³/mol. The molecule has 1 unspecified atom stereocenters. The van der Waals surface area contributed by atoms with Gasteiger partial charge in [0.1, 0.15) is 0 Å². The van der Waals surface area contributed by atoms with E-state index in [1.807, 2.05) is 0 Å². The fourth-order valence-corrected chi connectivity index (χ4v) is 3.13. The molecule has 0 bridgehead atoms. The van der Waals surface area contributed by atoms with Crippen LogP contribution in [0.2, 0.25) is 0 Å². The fraction of sp³-hybridized carbons (Fsp3) is 1.00. The Hall–Kier alpha value is 0.467. The average molecular weight is 209 g/mol. The monoisotopic (exact) mass is 208 g/mol. The van der Waals surface area contributed by atoms with Crippen LogP contribution in [-0.2, 0) is 4.43 Å². The van der Waals surface area contributed by atoms with Crippen LogP contribution in [0.15, 0.2) is 0 Å². The zero-order chi connectivity index (χ0) is 9.40. The third-order valence-corrected chi connectivity index (χ3v) is 4.06. The Labute approximate surface area is 83.8 Å². The van der Waals surface area contributed by atoms with Crippen LogP contribution < -0.4 is 0 Å². The van der Waals surface area contributed by atoms with Crippen LogP contribution in [0.5, 0.6) is 0 Å². The molecule has 0 radical (unpaired) electrons. The van der Waals surface area contributed by atoms with E-state index < -0.39 is 9.76 Å². The predicted octanol–water partition coefficient (Wildman–Crippen LogP) is 2.64. The van der Waals surface area contributed by atoms with Crippen molar-refractivity contribution in [3.8, 4) is 0 Å². The summed E-state index contributed by atoms with van der Waals surface area (Å²) >= 11 is 6.08. The van der Waals surface area contributed by atoms with E-state index in [0.29, 0.717) is 11.1 Å². The van der Waals surface area contributed by atoms with E-state index in [9.17, 15) is 0 Å². The van der Waals surface area contributed by atoms with Crippen LogP contribution >= 0.6 is 11.6 Å². The summed E-state index contributed by atoms with van der Waals surface area (Å²) < 4.78 is 5.76. The number of alkyl halides is 1. The van der Waals surface area contributed by atoms with Crippen molar-refractivity contribution < 1.29 is 4.43 Å². The van der Waals surface area contributed by atoms with Gasteiger partial charge in [0, 0.05) is 11.1 Å². The number of hydrogen-bond donors (Lipinski definition) is 0. The van der Waals surface area contributed by atoms with Gasteiger partial charge in [0.05, 0.1) is 0 Å². The SMILES string of the molecule is CCCC(Cl)[SiH2]OC(CC)CC. The molecule has 0 aromatic rings. The van der Waals surface area contributed by atoms with E-state index in [1.165, 1.54) is 6.42 Å². The lowest BCUT2D eigenvalue weighted by atomic mass is 10.2. The fourth-order valence-electron chi connectivity index (χ4n) is 1.16. The second-order valence-corrected chi connectivity index (χ2v) is 5.94. The average Bonchev–Trinajstić information content (AvgIpc) is 2.07. The molecule has 0 aliphatic heterocycles. The van der Waals surface area contributed by atoms with Gasteiger partial charge < -0.3 is 4.43 Å². The standard InChI is InChI=1S/C9H21ClOSi/c1-4-7-9(10)12-11-8(5-2)6-3/h8-9H,4-7,12H2,1-3H3. The number of halogens is 1. The topological polar surface area (TPSA) is 9.23 Å². The molecule has 74 valence electrons.